The van der Waals surface area contributed by atoms with Crippen molar-refractivity contribution >= 4 is 15.4 Å². The molecule has 0 aliphatic heterocycles. The molecule has 0 spiro atoms. The molecule has 0 saturated heterocycles. The average molecular weight is 584 g/mol. The predicted molar refractivity (Wildman–Crippen MR) is 113 cm³/mol. The van der Waals surface area contributed by atoms with E-state index >= 15 is 0 Å². The van der Waals surface area contributed by atoms with E-state index in [0.717, 1.165) is 25.7 Å². The van der Waals surface area contributed by atoms with E-state index in [1.54, 1.807) is 0 Å². The van der Waals surface area contributed by atoms with Gasteiger partial charge < -0.3 is 17.2 Å². The van der Waals surface area contributed by atoms with Gasteiger partial charge in [0.15, 0.2) is 0 Å². The molecule has 0 aromatic carbocycles. The van der Waals surface area contributed by atoms with Crippen LogP contribution in [0, 0.1) is 6.08 Å². The van der Waals surface area contributed by atoms with Crippen molar-refractivity contribution in [2.75, 3.05) is 0 Å². The van der Waals surface area contributed by atoms with Crippen molar-refractivity contribution < 1.29 is 52.5 Å². The maximum Gasteiger partial charge on any atom is 4.00 e. The molecule has 30 heavy (non-hydrogen) atoms. The number of halogens is 6. The summed E-state index contributed by atoms with van der Waals surface area (Å²) in [5, 5.41) is -9.97. The summed E-state index contributed by atoms with van der Waals surface area (Å²) in [6, 6.07) is 0.403. The van der Waals surface area contributed by atoms with Crippen LogP contribution in [0.2, 0.25) is 0 Å². The van der Waals surface area contributed by atoms with Crippen LogP contribution < -0.4 is 0 Å². The van der Waals surface area contributed by atoms with Gasteiger partial charge in [-0.25, -0.2) is 12.2 Å². The summed E-state index contributed by atoms with van der Waals surface area (Å²) in [5.74, 6) is 0. The van der Waals surface area contributed by atoms with Gasteiger partial charge in [-0.2, -0.15) is 6.08 Å². The Balaban J connectivity index is -0.0000000884. The molecule has 3 nitrogen and oxygen atoms in total. The molecular weight excluding hydrogens is 548 g/mol. The van der Waals surface area contributed by atoms with Crippen LogP contribution in [0.3, 0.4) is 0 Å². The molecule has 3 atom stereocenters. The van der Waals surface area contributed by atoms with E-state index in [2.05, 4.69) is 12.2 Å². The molecule has 1 aliphatic carbocycles. The number of hydrogen-bond donors (Lipinski definition) is 0. The van der Waals surface area contributed by atoms with Gasteiger partial charge in [-0.1, -0.05) is 60.8 Å². The normalized spacial score (nSPS) is 14.6. The van der Waals surface area contributed by atoms with E-state index in [1.807, 2.05) is 53.7 Å². The van der Waals surface area contributed by atoms with Gasteiger partial charge in [-0.05, 0) is 0 Å². The van der Waals surface area contributed by atoms with Crippen molar-refractivity contribution in [2.24, 2.45) is 0 Å². The van der Waals surface area contributed by atoms with E-state index in [-0.39, 0.29) is 44.3 Å². The van der Waals surface area contributed by atoms with Gasteiger partial charge >= 0.3 is 78.0 Å². The molecule has 0 aromatic rings. The summed E-state index contributed by atoms with van der Waals surface area (Å²) < 4.78 is 65.4. The summed E-state index contributed by atoms with van der Waals surface area (Å²) >= 11 is -4.06. The fraction of sp³-hybridized carbons (Fsp3) is 0.789. The molecule has 1 rings (SSSR count). The number of hydrogen-bond acceptors (Lipinski definition) is 0. The third-order valence-electron chi connectivity index (χ3n) is 2.75. The first kappa shape index (κ1) is 40.7. The third kappa shape index (κ3) is 70.4. The first-order chi connectivity index (χ1) is 13.0. The number of nitrogens with one attached hydrogen (secondary N) is 3. The average Bonchev–Trinajstić information content (AvgIpc) is 3.12. The molecule has 0 amide bonds. The standard InChI is InChI=1S/C5H5.3C4H10N.C2HF6Ge.Zr/c1-2-4-5-3-1;3*1-3-4(2)5;3-1(4,5)9-2(6,7)8;/h1-3H,4H2;3*4-5H,3H2,1-2H3;9H;/q4*-1;;+4. The second kappa shape index (κ2) is 25.6. The van der Waals surface area contributed by atoms with Gasteiger partial charge in [0.2, 0.25) is 0 Å². The van der Waals surface area contributed by atoms with Crippen molar-refractivity contribution in [3.05, 3.63) is 41.5 Å². The maximum absolute atomic E-state index is 10.9. The fourth-order valence-corrected chi connectivity index (χ4v) is 1.30. The molecule has 1 radical (unpaired) electrons. The summed E-state index contributed by atoms with van der Waals surface area (Å²) in [5.41, 5.74) is 20.5. The van der Waals surface area contributed by atoms with E-state index in [4.69, 9.17) is 17.2 Å². The second-order valence-corrected chi connectivity index (χ2v) is 9.51. The largest absolute Gasteiger partial charge is 4.00 e. The minimum absolute atomic E-state index is 0. The third-order valence-corrected chi connectivity index (χ3v) is 4.12. The quantitative estimate of drug-likeness (QED) is 0.182. The molecular formula is C19H36F6GeN3Zr. The van der Waals surface area contributed by atoms with Crippen molar-refractivity contribution in [3.8, 4) is 0 Å². The maximum atomic E-state index is 10.9. The molecule has 0 saturated carbocycles. The Morgan fingerprint density at radius 1 is 0.800 bits per heavy atom. The molecule has 0 heterocycles. The Kier molecular flexibility index (Phi) is 34.8. The molecule has 3 N–H and O–H groups in total. The van der Waals surface area contributed by atoms with Gasteiger partial charge in [0.1, 0.15) is 0 Å². The van der Waals surface area contributed by atoms with E-state index in [0.29, 0.717) is 0 Å². The zero-order valence-electron chi connectivity index (χ0n) is 18.6. The minimum atomic E-state index is -4.98. The van der Waals surface area contributed by atoms with Crippen LogP contribution >= 0.6 is 0 Å². The molecule has 0 bridgehead atoms. The monoisotopic (exact) mass is 584 g/mol. The summed E-state index contributed by atoms with van der Waals surface area (Å²) in [6.07, 6.45) is 12.9. The van der Waals surface area contributed by atoms with Crippen LogP contribution in [0.4, 0.5) is 26.3 Å². The van der Waals surface area contributed by atoms with Gasteiger partial charge in [0.05, 0.1) is 0 Å². The van der Waals surface area contributed by atoms with Crippen LogP contribution in [0.25, 0.3) is 17.2 Å². The Hall–Kier alpha value is 0.366. The van der Waals surface area contributed by atoms with E-state index in [1.165, 1.54) is 0 Å². The Labute approximate surface area is 204 Å². The SMILES string of the molecule is CCC(C)[NH-].CCC(C)[NH-].CCC(C)[NH-].F[C](F)(F)[GeH][C](F)(F)F.[C-]1=CC=CC1.[Zr+4]. The topological polar surface area (TPSA) is 71.4 Å². The Morgan fingerprint density at radius 3 is 1.10 bits per heavy atom. The smallest absolute Gasteiger partial charge is 0.273 e. The van der Waals surface area contributed by atoms with Crippen LogP contribution in [0.5, 0.6) is 0 Å². The van der Waals surface area contributed by atoms with E-state index < -0.39 is 25.4 Å². The van der Waals surface area contributed by atoms with Gasteiger partial charge in [0, 0.05) is 0 Å². The van der Waals surface area contributed by atoms with Crippen molar-refractivity contribution in [2.45, 2.75) is 95.4 Å². The van der Waals surface area contributed by atoms with Gasteiger partial charge in [-0.3, -0.25) is 6.08 Å². The van der Waals surface area contributed by atoms with Crippen LogP contribution in [-0.4, -0.2) is 43.6 Å². The van der Waals surface area contributed by atoms with Crippen LogP contribution in [0.15, 0.2) is 18.2 Å². The van der Waals surface area contributed by atoms with Crippen LogP contribution in [-0.2, 0) is 26.2 Å². The Bertz CT molecular complexity index is 344. The fourth-order valence-electron chi connectivity index (χ4n) is 0.526. The molecule has 0 fully saturated rings. The predicted octanol–water partition coefficient (Wildman–Crippen LogP) is 8.28. The minimum Gasteiger partial charge on any atom is -0.273 e. The van der Waals surface area contributed by atoms with Crippen molar-refractivity contribution in [3.63, 3.8) is 0 Å². The molecule has 0 aromatic heterocycles. The molecule has 11 heteroatoms. The van der Waals surface area contributed by atoms with Crippen molar-refractivity contribution in [1.29, 1.82) is 0 Å². The summed E-state index contributed by atoms with van der Waals surface area (Å²) in [6.45, 7) is 11.7. The molecule has 1 aliphatic rings. The molecule has 3 unspecified atom stereocenters. The zero-order chi connectivity index (χ0) is 24.1. The first-order valence-corrected chi connectivity index (χ1v) is 11.8. The van der Waals surface area contributed by atoms with Gasteiger partial charge in [0.25, 0.3) is 0 Å². The Morgan fingerprint density at radius 2 is 1.07 bits per heavy atom. The number of rotatable bonds is 3. The summed E-state index contributed by atoms with van der Waals surface area (Å²) in [7, 11) is 0. The number of allylic oxidation sites excluding steroid dienone is 4. The summed E-state index contributed by atoms with van der Waals surface area (Å²) in [4.78, 5) is 0. The zero-order valence-corrected chi connectivity index (χ0v) is 23.5. The van der Waals surface area contributed by atoms with E-state index in [9.17, 15) is 26.3 Å². The second-order valence-electron chi connectivity index (χ2n) is 6.16. The molecule has 177 valence electrons. The number of alkyl halides is 6. The van der Waals surface area contributed by atoms with Crippen molar-refractivity contribution in [1.82, 2.24) is 0 Å². The van der Waals surface area contributed by atoms with Gasteiger partial charge in [-0.15, -0.1) is 24.5 Å². The van der Waals surface area contributed by atoms with Crippen LogP contribution in [0.1, 0.15) is 67.2 Å². The first-order valence-electron chi connectivity index (χ1n) is 9.37.